The molecule has 0 atom stereocenters. The first-order valence-corrected chi connectivity index (χ1v) is 4.17. The van der Waals surface area contributed by atoms with Crippen molar-refractivity contribution in [3.63, 3.8) is 0 Å². The second-order valence-electron chi connectivity index (χ2n) is 2.20. The van der Waals surface area contributed by atoms with Crippen LogP contribution in [-0.2, 0) is 0 Å². The van der Waals surface area contributed by atoms with Crippen LogP contribution in [0, 0.1) is 0 Å². The zero-order valence-corrected chi connectivity index (χ0v) is 7.65. The Kier molecular flexibility index (Phi) is 1.91. The number of rotatable bonds is 1. The van der Waals surface area contributed by atoms with E-state index in [1.807, 2.05) is 12.1 Å². The zero-order chi connectivity index (χ0) is 8.39. The molecule has 3 nitrogen and oxygen atoms in total. The normalized spacial score (nSPS) is 10.1. The van der Waals surface area contributed by atoms with Crippen molar-refractivity contribution in [1.29, 1.82) is 0 Å². The van der Waals surface area contributed by atoms with Crippen molar-refractivity contribution in [1.82, 2.24) is 9.97 Å². The zero-order valence-electron chi connectivity index (χ0n) is 6.07. The fourth-order valence-corrected chi connectivity index (χ4v) is 1.19. The van der Waals surface area contributed by atoms with E-state index >= 15 is 0 Å². The van der Waals surface area contributed by atoms with E-state index < -0.39 is 0 Å². The van der Waals surface area contributed by atoms with Gasteiger partial charge < -0.3 is 4.42 Å². The molecule has 0 unspecified atom stereocenters. The summed E-state index contributed by atoms with van der Waals surface area (Å²) in [4.78, 5) is 7.85. The highest BCUT2D eigenvalue weighted by atomic mass is 79.9. The van der Waals surface area contributed by atoms with Gasteiger partial charge in [0.25, 0.3) is 0 Å². The quantitative estimate of drug-likeness (QED) is 0.748. The van der Waals surface area contributed by atoms with Gasteiger partial charge in [-0.3, -0.25) is 0 Å². The van der Waals surface area contributed by atoms with Gasteiger partial charge in [-0.25, -0.2) is 9.97 Å². The maximum absolute atomic E-state index is 5.30. The first-order chi connectivity index (χ1) is 5.86. The first-order valence-electron chi connectivity index (χ1n) is 3.38. The Morgan fingerprint density at radius 3 is 2.75 bits per heavy atom. The van der Waals surface area contributed by atoms with Crippen LogP contribution in [0.2, 0.25) is 0 Å². The third-order valence-electron chi connectivity index (χ3n) is 1.41. The Morgan fingerprint density at radius 2 is 2.17 bits per heavy atom. The molecule has 0 aromatic carbocycles. The summed E-state index contributed by atoms with van der Waals surface area (Å²) in [5.74, 6) is 0.740. The summed E-state index contributed by atoms with van der Waals surface area (Å²) in [6, 6.07) is 5.48. The second kappa shape index (κ2) is 3.06. The molecule has 0 saturated heterocycles. The summed E-state index contributed by atoms with van der Waals surface area (Å²) in [7, 11) is 0. The first kappa shape index (κ1) is 7.49. The highest BCUT2D eigenvalue weighted by Gasteiger charge is 2.02. The molecule has 0 aliphatic rings. The topological polar surface area (TPSA) is 38.9 Å². The lowest BCUT2D eigenvalue weighted by molar-refractivity contribution is 0.553. The Bertz CT molecular complexity index is 372. The van der Waals surface area contributed by atoms with E-state index in [2.05, 4.69) is 25.9 Å². The minimum Gasteiger partial charge on any atom is -0.448 e. The average molecular weight is 225 g/mol. The third kappa shape index (κ3) is 1.38. The minimum absolute atomic E-state index is 0.705. The molecule has 2 aromatic heterocycles. The standard InChI is InChI=1S/C8H5BrN2O/c9-8-2-1-7(12-8)6-3-4-10-5-11-6/h1-5H. The van der Waals surface area contributed by atoms with Crippen molar-refractivity contribution in [2.75, 3.05) is 0 Å². The SMILES string of the molecule is Brc1ccc(-c2ccncn2)o1. The van der Waals surface area contributed by atoms with E-state index in [4.69, 9.17) is 4.42 Å². The van der Waals surface area contributed by atoms with Gasteiger partial charge in [0.05, 0.1) is 0 Å². The molecule has 12 heavy (non-hydrogen) atoms. The Labute approximate surface area is 77.6 Å². The molecule has 0 aliphatic carbocycles. The summed E-state index contributed by atoms with van der Waals surface area (Å²) in [5, 5.41) is 0. The predicted octanol–water partition coefficient (Wildman–Crippen LogP) is 2.50. The van der Waals surface area contributed by atoms with Crippen molar-refractivity contribution in [3.8, 4) is 11.5 Å². The third-order valence-corrected chi connectivity index (χ3v) is 1.83. The van der Waals surface area contributed by atoms with Gasteiger partial charge in [0.15, 0.2) is 10.4 Å². The lowest BCUT2D eigenvalue weighted by atomic mass is 10.3. The second-order valence-corrected chi connectivity index (χ2v) is 2.98. The van der Waals surface area contributed by atoms with Crippen LogP contribution in [-0.4, -0.2) is 9.97 Å². The molecule has 0 N–H and O–H groups in total. The Hall–Kier alpha value is -1.16. The minimum atomic E-state index is 0.705. The highest BCUT2D eigenvalue weighted by molar-refractivity contribution is 9.10. The van der Waals surface area contributed by atoms with Crippen LogP contribution in [0.25, 0.3) is 11.5 Å². The number of furan rings is 1. The maximum Gasteiger partial charge on any atom is 0.169 e. The van der Waals surface area contributed by atoms with Crippen molar-refractivity contribution in [2.45, 2.75) is 0 Å². The summed E-state index contributed by atoms with van der Waals surface area (Å²) in [6.45, 7) is 0. The number of aromatic nitrogens is 2. The van der Waals surface area contributed by atoms with E-state index in [1.165, 1.54) is 6.33 Å². The molecule has 4 heteroatoms. The molecule has 0 radical (unpaired) electrons. The molecule has 0 fully saturated rings. The molecule has 0 saturated carbocycles. The molecule has 0 aliphatic heterocycles. The van der Waals surface area contributed by atoms with Gasteiger partial charge in [-0.05, 0) is 34.1 Å². The van der Waals surface area contributed by atoms with Gasteiger partial charge >= 0.3 is 0 Å². The van der Waals surface area contributed by atoms with Crippen molar-refractivity contribution < 1.29 is 4.42 Å². The fraction of sp³-hybridized carbons (Fsp3) is 0. The van der Waals surface area contributed by atoms with Gasteiger partial charge in [-0.1, -0.05) is 0 Å². The number of hydrogen-bond acceptors (Lipinski definition) is 3. The number of halogens is 1. The maximum atomic E-state index is 5.30. The van der Waals surface area contributed by atoms with E-state index in [0.717, 1.165) is 11.5 Å². The molecular weight excluding hydrogens is 220 g/mol. The summed E-state index contributed by atoms with van der Waals surface area (Å²) < 4.78 is 6.00. The highest BCUT2D eigenvalue weighted by Crippen LogP contribution is 2.22. The fourth-order valence-electron chi connectivity index (χ4n) is 0.888. The van der Waals surface area contributed by atoms with Crippen LogP contribution in [0.5, 0.6) is 0 Å². The largest absolute Gasteiger partial charge is 0.448 e. The van der Waals surface area contributed by atoms with Crippen LogP contribution in [0.3, 0.4) is 0 Å². The van der Waals surface area contributed by atoms with Gasteiger partial charge in [-0.15, -0.1) is 0 Å². The smallest absolute Gasteiger partial charge is 0.169 e. The number of hydrogen-bond donors (Lipinski definition) is 0. The molecule has 0 spiro atoms. The predicted molar refractivity (Wildman–Crippen MR) is 47.4 cm³/mol. The monoisotopic (exact) mass is 224 g/mol. The van der Waals surface area contributed by atoms with Crippen LogP contribution >= 0.6 is 15.9 Å². The Balaban J connectivity index is 2.45. The summed E-state index contributed by atoms with van der Waals surface area (Å²) >= 11 is 3.22. The molecule has 2 aromatic rings. The van der Waals surface area contributed by atoms with Gasteiger partial charge in [0.1, 0.15) is 12.0 Å². The van der Waals surface area contributed by atoms with E-state index in [-0.39, 0.29) is 0 Å². The van der Waals surface area contributed by atoms with Crippen LogP contribution in [0.4, 0.5) is 0 Å². The van der Waals surface area contributed by atoms with Crippen molar-refractivity contribution in [2.24, 2.45) is 0 Å². The summed E-state index contributed by atoms with van der Waals surface area (Å²) in [5.41, 5.74) is 0.788. The van der Waals surface area contributed by atoms with E-state index in [0.29, 0.717) is 4.67 Å². The van der Waals surface area contributed by atoms with Crippen molar-refractivity contribution in [3.05, 3.63) is 35.4 Å². The van der Waals surface area contributed by atoms with Crippen LogP contribution in [0.1, 0.15) is 0 Å². The molecule has 0 bridgehead atoms. The lowest BCUT2D eigenvalue weighted by Gasteiger charge is -1.91. The average Bonchev–Trinajstić information content (AvgIpc) is 2.54. The summed E-state index contributed by atoms with van der Waals surface area (Å²) in [6.07, 6.45) is 3.17. The van der Waals surface area contributed by atoms with Crippen LogP contribution < -0.4 is 0 Å². The Morgan fingerprint density at radius 1 is 1.25 bits per heavy atom. The molecule has 2 rings (SSSR count). The van der Waals surface area contributed by atoms with Gasteiger partial charge in [-0.2, -0.15) is 0 Å². The molecule has 60 valence electrons. The van der Waals surface area contributed by atoms with Gasteiger partial charge in [0.2, 0.25) is 0 Å². The van der Waals surface area contributed by atoms with Crippen molar-refractivity contribution >= 4 is 15.9 Å². The van der Waals surface area contributed by atoms with Crippen LogP contribution in [0.15, 0.2) is 39.8 Å². The molecular formula is C8H5BrN2O. The van der Waals surface area contributed by atoms with Gasteiger partial charge in [0, 0.05) is 6.20 Å². The van der Waals surface area contributed by atoms with E-state index in [9.17, 15) is 0 Å². The van der Waals surface area contributed by atoms with E-state index in [1.54, 1.807) is 12.3 Å². The molecule has 2 heterocycles. The lowest BCUT2D eigenvalue weighted by Crippen LogP contribution is -1.80. The molecule has 0 amide bonds. The number of nitrogens with zero attached hydrogens (tertiary/aromatic N) is 2.